The van der Waals surface area contributed by atoms with Gasteiger partial charge in [0.25, 0.3) is 0 Å². The highest BCUT2D eigenvalue weighted by molar-refractivity contribution is 5.75. The number of hydrogen-bond donors (Lipinski definition) is 0. The molecule has 0 aromatic heterocycles. The molecular formula is C15H24O2. The first-order valence-electron chi connectivity index (χ1n) is 7.23. The van der Waals surface area contributed by atoms with Crippen LogP contribution in [0.1, 0.15) is 52.9 Å². The molecule has 1 aliphatic heterocycles. The zero-order chi connectivity index (χ0) is 12.2. The maximum absolute atomic E-state index is 11.8. The van der Waals surface area contributed by atoms with Gasteiger partial charge in [-0.25, -0.2) is 0 Å². The molecular weight excluding hydrogens is 212 g/mol. The summed E-state index contributed by atoms with van der Waals surface area (Å²) in [5, 5.41) is 0. The Hall–Kier alpha value is -0.530. The van der Waals surface area contributed by atoms with Gasteiger partial charge >= 0.3 is 5.97 Å². The minimum atomic E-state index is 0.0574. The summed E-state index contributed by atoms with van der Waals surface area (Å²) in [5.74, 6) is 2.03. The van der Waals surface area contributed by atoms with Gasteiger partial charge in [-0.15, -0.1) is 0 Å². The molecule has 0 N–H and O–H groups in total. The Kier molecular flexibility index (Phi) is 2.53. The van der Waals surface area contributed by atoms with Crippen molar-refractivity contribution < 1.29 is 9.53 Å². The number of carbonyl (C=O) groups excluding carboxylic acids is 1. The molecule has 6 atom stereocenters. The summed E-state index contributed by atoms with van der Waals surface area (Å²) in [6.07, 6.45) is 6.72. The molecule has 0 aromatic carbocycles. The van der Waals surface area contributed by atoms with Crippen molar-refractivity contribution in [2.45, 2.75) is 59.0 Å². The van der Waals surface area contributed by atoms with Gasteiger partial charge in [-0.2, -0.15) is 0 Å². The zero-order valence-corrected chi connectivity index (χ0v) is 11.2. The summed E-state index contributed by atoms with van der Waals surface area (Å²) < 4.78 is 5.74. The number of esters is 1. The zero-order valence-electron chi connectivity index (χ0n) is 11.2. The summed E-state index contributed by atoms with van der Waals surface area (Å²) in [6, 6.07) is 0. The van der Waals surface area contributed by atoms with Gasteiger partial charge in [0, 0.05) is 11.8 Å². The SMILES string of the molecule is C[C@@H]1CCC[C@]2(C)CC[C@@H]3[C@@H](OC(=O)[C@H]3C)[C@@H]12. The minimum absolute atomic E-state index is 0.0574. The van der Waals surface area contributed by atoms with E-state index in [2.05, 4.69) is 20.8 Å². The van der Waals surface area contributed by atoms with Crippen LogP contribution >= 0.6 is 0 Å². The van der Waals surface area contributed by atoms with Gasteiger partial charge in [-0.3, -0.25) is 4.79 Å². The highest BCUT2D eigenvalue weighted by atomic mass is 16.6. The fourth-order valence-corrected chi connectivity index (χ4v) is 4.91. The third-order valence-corrected chi connectivity index (χ3v) is 5.92. The molecule has 1 saturated heterocycles. The van der Waals surface area contributed by atoms with Crippen LogP contribution in [0.15, 0.2) is 0 Å². The Morgan fingerprint density at radius 1 is 1.24 bits per heavy atom. The van der Waals surface area contributed by atoms with Gasteiger partial charge in [0.15, 0.2) is 0 Å². The average molecular weight is 236 g/mol. The molecule has 3 rings (SSSR count). The van der Waals surface area contributed by atoms with Crippen molar-refractivity contribution >= 4 is 5.97 Å². The molecule has 3 fully saturated rings. The fourth-order valence-electron chi connectivity index (χ4n) is 4.91. The maximum atomic E-state index is 11.8. The standard InChI is InChI=1S/C15H24O2/c1-9-5-4-7-15(3)8-6-11-10(2)14(16)17-13(11)12(9)15/h9-13H,4-8H2,1-3H3/t9-,10+,11+,12-,13-,15-/m1/s1. The molecule has 0 spiro atoms. The number of ether oxygens (including phenoxy) is 1. The molecule has 3 aliphatic rings. The van der Waals surface area contributed by atoms with Gasteiger partial charge in [-0.1, -0.05) is 33.6 Å². The number of fused-ring (bicyclic) bond motifs is 3. The van der Waals surface area contributed by atoms with Gasteiger partial charge in [0.05, 0.1) is 5.92 Å². The van der Waals surface area contributed by atoms with Gasteiger partial charge in [0.2, 0.25) is 0 Å². The van der Waals surface area contributed by atoms with E-state index in [4.69, 9.17) is 4.74 Å². The summed E-state index contributed by atoms with van der Waals surface area (Å²) in [5.41, 5.74) is 0.434. The minimum Gasteiger partial charge on any atom is -0.462 e. The second-order valence-electron chi connectivity index (χ2n) is 6.94. The van der Waals surface area contributed by atoms with Crippen LogP contribution < -0.4 is 0 Å². The lowest BCUT2D eigenvalue weighted by atomic mass is 9.53. The first kappa shape index (κ1) is 11.6. The summed E-state index contributed by atoms with van der Waals surface area (Å²) in [4.78, 5) is 11.8. The topological polar surface area (TPSA) is 26.3 Å². The summed E-state index contributed by atoms with van der Waals surface area (Å²) in [7, 11) is 0. The number of rotatable bonds is 0. The van der Waals surface area contributed by atoms with Crippen LogP contribution in [0.25, 0.3) is 0 Å². The predicted octanol–water partition coefficient (Wildman–Crippen LogP) is 3.40. The molecule has 0 amide bonds. The van der Waals surface area contributed by atoms with E-state index >= 15 is 0 Å². The van der Waals surface area contributed by atoms with Crippen LogP contribution in [0.3, 0.4) is 0 Å². The smallest absolute Gasteiger partial charge is 0.309 e. The van der Waals surface area contributed by atoms with Crippen molar-refractivity contribution in [3.63, 3.8) is 0 Å². The molecule has 17 heavy (non-hydrogen) atoms. The van der Waals surface area contributed by atoms with Crippen molar-refractivity contribution in [1.82, 2.24) is 0 Å². The van der Waals surface area contributed by atoms with Gasteiger partial charge in [-0.05, 0) is 30.6 Å². The second kappa shape index (κ2) is 3.73. The van der Waals surface area contributed by atoms with E-state index < -0.39 is 0 Å². The first-order chi connectivity index (χ1) is 8.03. The third-order valence-electron chi connectivity index (χ3n) is 5.92. The average Bonchev–Trinajstić information content (AvgIpc) is 2.54. The van der Waals surface area contributed by atoms with Crippen molar-refractivity contribution in [1.29, 1.82) is 0 Å². The highest BCUT2D eigenvalue weighted by Crippen LogP contribution is 2.57. The number of hydrogen-bond acceptors (Lipinski definition) is 2. The Balaban J connectivity index is 1.92. The van der Waals surface area contributed by atoms with Gasteiger partial charge < -0.3 is 4.74 Å². The largest absolute Gasteiger partial charge is 0.462 e. The summed E-state index contributed by atoms with van der Waals surface area (Å²) in [6.45, 7) is 6.85. The Labute approximate surface area is 104 Å². The van der Waals surface area contributed by atoms with Gasteiger partial charge in [0.1, 0.15) is 6.10 Å². The van der Waals surface area contributed by atoms with E-state index in [1.165, 1.54) is 32.1 Å². The Morgan fingerprint density at radius 3 is 2.76 bits per heavy atom. The third kappa shape index (κ3) is 1.56. The van der Waals surface area contributed by atoms with Crippen LogP contribution in [0, 0.1) is 29.1 Å². The molecule has 0 aromatic rings. The van der Waals surface area contributed by atoms with E-state index in [-0.39, 0.29) is 18.0 Å². The number of carbonyl (C=O) groups is 1. The fraction of sp³-hybridized carbons (Fsp3) is 0.933. The van der Waals surface area contributed by atoms with Crippen LogP contribution in [0.4, 0.5) is 0 Å². The molecule has 0 bridgehead atoms. The Bertz CT molecular complexity index is 338. The maximum Gasteiger partial charge on any atom is 0.309 e. The highest BCUT2D eigenvalue weighted by Gasteiger charge is 2.56. The quantitative estimate of drug-likeness (QED) is 0.603. The van der Waals surface area contributed by atoms with E-state index in [0.717, 1.165) is 5.92 Å². The molecule has 96 valence electrons. The molecule has 0 radical (unpaired) electrons. The molecule has 1 heterocycles. The van der Waals surface area contributed by atoms with E-state index in [1.54, 1.807) is 0 Å². The Morgan fingerprint density at radius 2 is 2.00 bits per heavy atom. The molecule has 2 aliphatic carbocycles. The van der Waals surface area contributed by atoms with Crippen LogP contribution in [-0.4, -0.2) is 12.1 Å². The van der Waals surface area contributed by atoms with Crippen molar-refractivity contribution in [3.05, 3.63) is 0 Å². The van der Waals surface area contributed by atoms with Crippen LogP contribution in [0.5, 0.6) is 0 Å². The lowest BCUT2D eigenvalue weighted by Gasteiger charge is -2.52. The molecule has 2 nitrogen and oxygen atoms in total. The molecule has 0 unspecified atom stereocenters. The summed E-state index contributed by atoms with van der Waals surface area (Å²) >= 11 is 0. The normalized spacial score (nSPS) is 53.8. The molecule has 2 heteroatoms. The van der Waals surface area contributed by atoms with Crippen molar-refractivity contribution in [2.75, 3.05) is 0 Å². The second-order valence-corrected chi connectivity index (χ2v) is 6.94. The van der Waals surface area contributed by atoms with Crippen LogP contribution in [0.2, 0.25) is 0 Å². The van der Waals surface area contributed by atoms with Crippen molar-refractivity contribution in [2.24, 2.45) is 29.1 Å². The van der Waals surface area contributed by atoms with Crippen molar-refractivity contribution in [3.8, 4) is 0 Å². The van der Waals surface area contributed by atoms with E-state index in [9.17, 15) is 4.79 Å². The predicted molar refractivity (Wildman–Crippen MR) is 66.4 cm³/mol. The van der Waals surface area contributed by atoms with E-state index in [0.29, 0.717) is 17.3 Å². The lowest BCUT2D eigenvalue weighted by molar-refractivity contribution is -0.152. The first-order valence-corrected chi connectivity index (χ1v) is 7.23. The molecule has 2 saturated carbocycles. The van der Waals surface area contributed by atoms with Crippen LogP contribution in [-0.2, 0) is 9.53 Å². The monoisotopic (exact) mass is 236 g/mol. The van der Waals surface area contributed by atoms with E-state index in [1.807, 2.05) is 0 Å². The lowest BCUT2D eigenvalue weighted by Crippen LogP contribution is -2.49.